The minimum Gasteiger partial charge on any atom is -0.406 e. The Hall–Kier alpha value is -3.25. The molecule has 2 heterocycles. The third-order valence-electron chi connectivity index (χ3n) is 4.61. The zero-order valence-electron chi connectivity index (χ0n) is 17.2. The number of benzene rings is 1. The molecule has 0 aliphatic carbocycles. The Morgan fingerprint density at radius 1 is 1.25 bits per heavy atom. The van der Waals surface area contributed by atoms with Crippen LogP contribution in [0.1, 0.15) is 31.1 Å². The Morgan fingerprint density at radius 3 is 2.44 bits per heavy atom. The molecule has 0 aliphatic rings. The van der Waals surface area contributed by atoms with Crippen LogP contribution in [0.3, 0.4) is 0 Å². The molecule has 1 amide bonds. The molecule has 12 heteroatoms. The molecule has 0 bridgehead atoms. The van der Waals surface area contributed by atoms with Crippen molar-refractivity contribution in [1.82, 2.24) is 19.5 Å². The van der Waals surface area contributed by atoms with E-state index in [4.69, 9.17) is 0 Å². The van der Waals surface area contributed by atoms with Crippen LogP contribution < -0.4 is 15.6 Å². The number of halogens is 3. The van der Waals surface area contributed by atoms with Crippen LogP contribution in [-0.4, -0.2) is 43.2 Å². The molecule has 0 unspecified atom stereocenters. The summed E-state index contributed by atoms with van der Waals surface area (Å²) in [4.78, 5) is 25.8. The van der Waals surface area contributed by atoms with Gasteiger partial charge in [-0.1, -0.05) is 0 Å². The van der Waals surface area contributed by atoms with Crippen molar-refractivity contribution in [3.8, 4) is 22.7 Å². The molecule has 3 aromatic rings. The van der Waals surface area contributed by atoms with E-state index >= 15 is 0 Å². The normalized spacial score (nSPS) is 13.0. The molecule has 0 spiro atoms. The Labute approximate surface area is 184 Å². The van der Waals surface area contributed by atoms with E-state index < -0.39 is 35.2 Å². The molecule has 0 saturated carbocycles. The first kappa shape index (κ1) is 23.4. The molecule has 170 valence electrons. The van der Waals surface area contributed by atoms with Crippen LogP contribution in [0.2, 0.25) is 0 Å². The summed E-state index contributed by atoms with van der Waals surface area (Å²) in [7, 11) is 0. The minimum absolute atomic E-state index is 0.162. The zero-order chi connectivity index (χ0) is 23.7. The predicted octanol–water partition coefficient (Wildman–Crippen LogP) is 3.14. The van der Waals surface area contributed by atoms with Crippen molar-refractivity contribution in [2.75, 3.05) is 0 Å². The van der Waals surface area contributed by atoms with Gasteiger partial charge in [0.05, 0.1) is 29.2 Å². The smallest absolute Gasteiger partial charge is 0.406 e. The van der Waals surface area contributed by atoms with E-state index in [1.54, 1.807) is 12.3 Å². The van der Waals surface area contributed by atoms with Gasteiger partial charge in [0, 0.05) is 10.9 Å². The Morgan fingerprint density at radius 2 is 1.91 bits per heavy atom. The third kappa shape index (κ3) is 5.51. The maximum absolute atomic E-state index is 12.9. The molecule has 8 nitrogen and oxygen atoms in total. The molecule has 3 rings (SSSR count). The largest absolute Gasteiger partial charge is 0.573 e. The van der Waals surface area contributed by atoms with Crippen LogP contribution in [0.4, 0.5) is 13.2 Å². The van der Waals surface area contributed by atoms with Gasteiger partial charge in [-0.2, -0.15) is 14.2 Å². The van der Waals surface area contributed by atoms with Crippen molar-refractivity contribution in [1.29, 1.82) is 0 Å². The highest BCUT2D eigenvalue weighted by Gasteiger charge is 2.31. The summed E-state index contributed by atoms with van der Waals surface area (Å²) in [6.07, 6.45) is -3.44. The first-order valence-electron chi connectivity index (χ1n) is 9.29. The molecule has 2 aromatic heterocycles. The summed E-state index contributed by atoms with van der Waals surface area (Å²) in [6.45, 7) is 4.60. The topological polar surface area (TPSA) is 106 Å². The van der Waals surface area contributed by atoms with Gasteiger partial charge < -0.3 is 15.2 Å². The first-order valence-corrected chi connectivity index (χ1v) is 10.1. The molecule has 0 radical (unpaired) electrons. The van der Waals surface area contributed by atoms with Gasteiger partial charge >= 0.3 is 6.36 Å². The van der Waals surface area contributed by atoms with E-state index in [0.29, 0.717) is 11.3 Å². The lowest BCUT2D eigenvalue weighted by molar-refractivity contribution is -0.274. The molecule has 1 aromatic carbocycles. The lowest BCUT2D eigenvalue weighted by Crippen LogP contribution is -2.48. The van der Waals surface area contributed by atoms with Gasteiger partial charge in [-0.25, -0.2) is 0 Å². The van der Waals surface area contributed by atoms with Crippen molar-refractivity contribution >= 4 is 17.4 Å². The van der Waals surface area contributed by atoms with E-state index in [-0.39, 0.29) is 11.3 Å². The number of nitrogens with zero attached hydrogens (tertiary/aromatic N) is 3. The Bertz CT molecular complexity index is 1150. The van der Waals surface area contributed by atoms with Gasteiger partial charge in [-0.05, 0) is 62.6 Å². The van der Waals surface area contributed by atoms with Crippen LogP contribution >= 0.6 is 11.5 Å². The summed E-state index contributed by atoms with van der Waals surface area (Å²) in [5.74, 6) is -1.16. The fourth-order valence-electron chi connectivity index (χ4n) is 2.56. The maximum Gasteiger partial charge on any atom is 0.573 e. The van der Waals surface area contributed by atoms with Gasteiger partial charge in [0.15, 0.2) is 0 Å². The van der Waals surface area contributed by atoms with Crippen LogP contribution in [-0.2, 0) is 0 Å². The lowest BCUT2D eigenvalue weighted by atomic mass is 10.0. The number of aromatic nitrogens is 3. The predicted molar refractivity (Wildman–Crippen MR) is 111 cm³/mol. The highest BCUT2D eigenvalue weighted by molar-refractivity contribution is 7.03. The number of aliphatic hydroxyl groups is 1. The van der Waals surface area contributed by atoms with E-state index in [2.05, 4.69) is 19.5 Å². The van der Waals surface area contributed by atoms with Crippen molar-refractivity contribution in [2.24, 2.45) is 0 Å². The van der Waals surface area contributed by atoms with Crippen LogP contribution in [0.15, 0.2) is 46.7 Å². The molecule has 0 fully saturated rings. The average molecular weight is 468 g/mol. The van der Waals surface area contributed by atoms with Gasteiger partial charge in [0.1, 0.15) is 11.3 Å². The molecular weight excluding hydrogens is 449 g/mol. The summed E-state index contributed by atoms with van der Waals surface area (Å²) in [5.41, 5.74) is -1.38. The van der Waals surface area contributed by atoms with Gasteiger partial charge in [-0.15, -0.1) is 13.2 Å². The molecule has 0 saturated heterocycles. The number of nitrogens with one attached hydrogen (secondary N) is 1. The van der Waals surface area contributed by atoms with Crippen molar-refractivity contribution < 1.29 is 27.8 Å². The average Bonchev–Trinajstić information content (AvgIpc) is 3.21. The van der Waals surface area contributed by atoms with Gasteiger partial charge in [0.2, 0.25) is 0 Å². The molecular formula is C20H19F3N4O4S. The second kappa shape index (κ2) is 8.71. The van der Waals surface area contributed by atoms with E-state index in [1.165, 1.54) is 38.2 Å². The SMILES string of the molecule is C[C@H](NC(=O)c1cc(-c2ccc(OC(F)(F)F)cc2)nn(-c2cnsc2)c1=O)C(C)(C)O. The quantitative estimate of drug-likeness (QED) is 0.576. The number of rotatable bonds is 6. The molecule has 0 aliphatic heterocycles. The highest BCUT2D eigenvalue weighted by Crippen LogP contribution is 2.26. The fourth-order valence-corrected chi connectivity index (χ4v) is 3.05. The number of alkyl halides is 3. The second-order valence-corrected chi connectivity index (χ2v) is 8.12. The van der Waals surface area contributed by atoms with Crippen LogP contribution in [0.25, 0.3) is 16.9 Å². The van der Waals surface area contributed by atoms with E-state index in [0.717, 1.165) is 28.3 Å². The van der Waals surface area contributed by atoms with Gasteiger partial charge in [0.25, 0.3) is 11.5 Å². The summed E-state index contributed by atoms with van der Waals surface area (Å²) >= 11 is 1.07. The summed E-state index contributed by atoms with van der Waals surface area (Å²) in [6, 6.07) is 5.41. The maximum atomic E-state index is 12.9. The fraction of sp³-hybridized carbons (Fsp3) is 0.300. The Kier molecular flexibility index (Phi) is 6.37. The van der Waals surface area contributed by atoms with Crippen molar-refractivity contribution in [2.45, 2.75) is 38.8 Å². The lowest BCUT2D eigenvalue weighted by Gasteiger charge is -2.26. The number of hydrogen-bond acceptors (Lipinski definition) is 7. The van der Waals surface area contributed by atoms with Crippen molar-refractivity contribution in [3.05, 3.63) is 57.8 Å². The number of ether oxygens (including phenoxy) is 1. The van der Waals surface area contributed by atoms with Crippen molar-refractivity contribution in [3.63, 3.8) is 0 Å². The number of carbonyl (C=O) groups is 1. The monoisotopic (exact) mass is 468 g/mol. The molecule has 2 N–H and O–H groups in total. The van der Waals surface area contributed by atoms with Crippen LogP contribution in [0, 0.1) is 0 Å². The zero-order valence-corrected chi connectivity index (χ0v) is 18.0. The summed E-state index contributed by atoms with van der Waals surface area (Å²) < 4.78 is 46.0. The first-order chi connectivity index (χ1) is 14.8. The standard InChI is InChI=1S/C20H19F3N4O4S/c1-11(19(2,3)30)25-17(28)15-8-16(26-27(18(15)29)13-9-24-32-10-13)12-4-6-14(7-5-12)31-20(21,22)23/h4-11,30H,1-3H3,(H,25,28)/t11-/m0/s1. The molecule has 1 atom stereocenters. The molecule has 32 heavy (non-hydrogen) atoms. The van der Waals surface area contributed by atoms with E-state index in [9.17, 15) is 27.9 Å². The Balaban J connectivity index is 2.05. The number of hydrogen-bond donors (Lipinski definition) is 2. The number of carbonyl (C=O) groups excluding carboxylic acids is 1. The summed E-state index contributed by atoms with van der Waals surface area (Å²) in [5, 5.41) is 18.5. The number of amides is 1. The highest BCUT2D eigenvalue weighted by atomic mass is 32.1. The van der Waals surface area contributed by atoms with Crippen LogP contribution in [0.5, 0.6) is 5.75 Å². The minimum atomic E-state index is -4.83. The van der Waals surface area contributed by atoms with Gasteiger partial charge in [-0.3, -0.25) is 9.59 Å². The van der Waals surface area contributed by atoms with E-state index in [1.807, 2.05) is 0 Å². The second-order valence-electron chi connectivity index (χ2n) is 7.46. The third-order valence-corrected chi connectivity index (χ3v) is 5.19.